The highest BCUT2D eigenvalue weighted by molar-refractivity contribution is 5.83. The molecule has 0 aromatic carbocycles. The molecule has 1 aliphatic carbocycles. The van der Waals surface area contributed by atoms with Gasteiger partial charge in [-0.05, 0) is 31.1 Å². The molecule has 0 aromatic heterocycles. The minimum Gasteiger partial charge on any atom is -0.299 e. The van der Waals surface area contributed by atoms with Crippen LogP contribution < -0.4 is 0 Å². The van der Waals surface area contributed by atoms with E-state index in [-0.39, 0.29) is 10.8 Å². The van der Waals surface area contributed by atoms with E-state index in [1.165, 1.54) is 6.42 Å². The van der Waals surface area contributed by atoms with Crippen LogP contribution in [-0.2, 0) is 4.79 Å². The maximum atomic E-state index is 11.5. The fourth-order valence-electron chi connectivity index (χ4n) is 2.36. The maximum Gasteiger partial charge on any atom is 0.136 e. The largest absolute Gasteiger partial charge is 0.299 e. The van der Waals surface area contributed by atoms with E-state index in [9.17, 15) is 4.79 Å². The molecule has 1 aliphatic rings. The van der Waals surface area contributed by atoms with E-state index in [0.29, 0.717) is 11.7 Å². The second kappa shape index (κ2) is 2.58. The van der Waals surface area contributed by atoms with Gasteiger partial charge in [0.05, 0.1) is 0 Å². The van der Waals surface area contributed by atoms with Crippen molar-refractivity contribution in [2.75, 3.05) is 0 Å². The molecule has 1 fully saturated rings. The van der Waals surface area contributed by atoms with Gasteiger partial charge in [-0.15, -0.1) is 0 Å². The summed E-state index contributed by atoms with van der Waals surface area (Å²) < 4.78 is 0. The number of carbonyl (C=O) groups excluding carboxylic acids is 1. The third-order valence-corrected chi connectivity index (χ3v) is 4.51. The van der Waals surface area contributed by atoms with Crippen LogP contribution in [0.2, 0.25) is 0 Å². The first-order valence-corrected chi connectivity index (χ1v) is 4.83. The highest BCUT2D eigenvalue weighted by atomic mass is 16.1. The van der Waals surface area contributed by atoms with Crippen LogP contribution in [0.3, 0.4) is 0 Å². The van der Waals surface area contributed by atoms with Gasteiger partial charge in [0.25, 0.3) is 0 Å². The lowest BCUT2D eigenvalue weighted by Crippen LogP contribution is -2.38. The summed E-state index contributed by atoms with van der Waals surface area (Å²) in [6, 6.07) is 0. The van der Waals surface area contributed by atoms with Crippen LogP contribution in [0.5, 0.6) is 0 Å². The van der Waals surface area contributed by atoms with Crippen molar-refractivity contribution in [3.05, 3.63) is 0 Å². The average Bonchev–Trinajstić information content (AvgIpc) is 2.15. The zero-order chi connectivity index (χ0) is 9.57. The summed E-state index contributed by atoms with van der Waals surface area (Å²) in [6.07, 6.45) is 2.26. The minimum atomic E-state index is -0.0770. The van der Waals surface area contributed by atoms with Crippen LogP contribution in [0.25, 0.3) is 0 Å². The summed E-state index contributed by atoms with van der Waals surface area (Å²) in [5, 5.41) is 0. The molecule has 1 saturated carbocycles. The molecular formula is C11H20O. The Balaban J connectivity index is 3.01. The Bertz CT molecular complexity index is 205. The van der Waals surface area contributed by atoms with Crippen molar-refractivity contribution in [2.24, 2.45) is 16.7 Å². The normalized spacial score (nSPS) is 39.9. The van der Waals surface area contributed by atoms with Crippen molar-refractivity contribution in [1.29, 1.82) is 0 Å². The summed E-state index contributed by atoms with van der Waals surface area (Å²) >= 11 is 0. The quantitative estimate of drug-likeness (QED) is 0.588. The number of Topliss-reactive ketones (excluding diaryl/α,β-unsaturated/α-hetero) is 1. The second-order valence-electron chi connectivity index (χ2n) is 5.05. The fraction of sp³-hybridized carbons (Fsp3) is 0.909. The molecule has 0 saturated heterocycles. The number of ketones is 1. The molecule has 0 unspecified atom stereocenters. The first-order chi connectivity index (χ1) is 5.32. The van der Waals surface area contributed by atoms with Crippen molar-refractivity contribution in [1.82, 2.24) is 0 Å². The highest BCUT2D eigenvalue weighted by Gasteiger charge is 2.52. The second-order valence-corrected chi connectivity index (χ2v) is 5.05. The van der Waals surface area contributed by atoms with Crippen LogP contribution in [-0.4, -0.2) is 5.78 Å². The van der Waals surface area contributed by atoms with Gasteiger partial charge in [-0.2, -0.15) is 0 Å². The number of rotatable bonds is 1. The van der Waals surface area contributed by atoms with Gasteiger partial charge in [0.2, 0.25) is 0 Å². The van der Waals surface area contributed by atoms with Crippen molar-refractivity contribution in [2.45, 2.75) is 47.5 Å². The minimum absolute atomic E-state index is 0.0770. The summed E-state index contributed by atoms with van der Waals surface area (Å²) in [5.41, 5.74) is 0.102. The van der Waals surface area contributed by atoms with Gasteiger partial charge in [-0.25, -0.2) is 0 Å². The van der Waals surface area contributed by atoms with Gasteiger partial charge in [-0.3, -0.25) is 4.79 Å². The molecule has 0 aromatic rings. The van der Waals surface area contributed by atoms with E-state index >= 15 is 0 Å². The van der Waals surface area contributed by atoms with Gasteiger partial charge < -0.3 is 0 Å². The zero-order valence-corrected chi connectivity index (χ0v) is 8.90. The Hall–Kier alpha value is -0.330. The molecule has 0 aliphatic heterocycles. The number of carbonyl (C=O) groups is 1. The Morgan fingerprint density at radius 1 is 1.33 bits per heavy atom. The lowest BCUT2D eigenvalue weighted by atomic mass is 9.64. The molecule has 1 rings (SSSR count). The number of hydrogen-bond acceptors (Lipinski definition) is 1. The molecule has 0 amide bonds. The van der Waals surface area contributed by atoms with Crippen molar-refractivity contribution < 1.29 is 4.79 Å². The Kier molecular flexibility index (Phi) is 2.10. The van der Waals surface area contributed by atoms with Gasteiger partial charge in [0.15, 0.2) is 0 Å². The van der Waals surface area contributed by atoms with Crippen LogP contribution in [0.1, 0.15) is 47.5 Å². The van der Waals surface area contributed by atoms with E-state index in [1.54, 1.807) is 6.92 Å². The molecule has 2 atom stereocenters. The average molecular weight is 168 g/mol. The summed E-state index contributed by atoms with van der Waals surface area (Å²) in [4.78, 5) is 11.5. The SMILES string of the molecule is CC(=O)[C@]1(C)CC[C@H](C)C1(C)C. The molecule has 0 N–H and O–H groups in total. The first kappa shape index (κ1) is 9.76. The van der Waals surface area contributed by atoms with Crippen molar-refractivity contribution in [3.8, 4) is 0 Å². The third kappa shape index (κ3) is 1.02. The van der Waals surface area contributed by atoms with Crippen LogP contribution in [0.4, 0.5) is 0 Å². The molecule has 0 radical (unpaired) electrons. The van der Waals surface area contributed by atoms with Crippen molar-refractivity contribution >= 4 is 5.78 Å². The van der Waals surface area contributed by atoms with E-state index in [1.807, 2.05) is 0 Å². The molecule has 70 valence electrons. The monoisotopic (exact) mass is 168 g/mol. The Morgan fingerprint density at radius 2 is 1.83 bits per heavy atom. The number of hydrogen-bond donors (Lipinski definition) is 0. The predicted molar refractivity (Wildman–Crippen MR) is 51.0 cm³/mol. The van der Waals surface area contributed by atoms with Gasteiger partial charge in [0, 0.05) is 5.41 Å². The summed E-state index contributed by atoms with van der Waals surface area (Å²) in [5.74, 6) is 1.03. The lowest BCUT2D eigenvalue weighted by molar-refractivity contribution is -0.131. The molecule has 12 heavy (non-hydrogen) atoms. The van der Waals surface area contributed by atoms with E-state index in [0.717, 1.165) is 6.42 Å². The molecule has 0 heterocycles. The summed E-state index contributed by atoms with van der Waals surface area (Å²) in [6.45, 7) is 10.6. The molecule has 1 nitrogen and oxygen atoms in total. The van der Waals surface area contributed by atoms with Gasteiger partial charge in [0.1, 0.15) is 5.78 Å². The van der Waals surface area contributed by atoms with Crippen LogP contribution in [0, 0.1) is 16.7 Å². The van der Waals surface area contributed by atoms with Gasteiger partial charge in [-0.1, -0.05) is 27.7 Å². The fourth-order valence-corrected chi connectivity index (χ4v) is 2.36. The lowest BCUT2D eigenvalue weighted by Gasteiger charge is -2.38. The maximum absolute atomic E-state index is 11.5. The Labute approximate surface area is 75.5 Å². The topological polar surface area (TPSA) is 17.1 Å². The smallest absolute Gasteiger partial charge is 0.136 e. The highest BCUT2D eigenvalue weighted by Crippen LogP contribution is 2.55. The standard InChI is InChI=1S/C11H20O/c1-8-6-7-11(5,9(2)12)10(8,3)4/h8H,6-7H2,1-5H3/t8-,11-/m0/s1. The van der Waals surface area contributed by atoms with Crippen LogP contribution >= 0.6 is 0 Å². The van der Waals surface area contributed by atoms with Crippen LogP contribution in [0.15, 0.2) is 0 Å². The molecule has 0 spiro atoms. The summed E-state index contributed by atoms with van der Waals surface area (Å²) in [7, 11) is 0. The van der Waals surface area contributed by atoms with Crippen molar-refractivity contribution in [3.63, 3.8) is 0 Å². The molecule has 0 bridgehead atoms. The first-order valence-electron chi connectivity index (χ1n) is 4.83. The van der Waals surface area contributed by atoms with E-state index < -0.39 is 0 Å². The predicted octanol–water partition coefficient (Wildman–Crippen LogP) is 3.04. The van der Waals surface area contributed by atoms with Gasteiger partial charge >= 0.3 is 0 Å². The molecule has 1 heteroatoms. The molecular weight excluding hydrogens is 148 g/mol. The Morgan fingerprint density at radius 3 is 2.00 bits per heavy atom. The van der Waals surface area contributed by atoms with E-state index in [4.69, 9.17) is 0 Å². The zero-order valence-electron chi connectivity index (χ0n) is 8.90. The third-order valence-electron chi connectivity index (χ3n) is 4.51. The van der Waals surface area contributed by atoms with E-state index in [2.05, 4.69) is 27.7 Å².